The van der Waals surface area contributed by atoms with Crippen molar-refractivity contribution in [2.24, 2.45) is 0 Å². The number of likely N-dealkylation sites (N-methyl/N-ethyl adjacent to an activating group) is 1. The second-order valence-corrected chi connectivity index (χ2v) is 4.27. The normalized spacial score (nSPS) is 17.9. The minimum absolute atomic E-state index is 0.0924. The first kappa shape index (κ1) is 11.9. The van der Waals surface area contributed by atoms with Gasteiger partial charge in [-0.15, -0.1) is 0 Å². The van der Waals surface area contributed by atoms with E-state index in [0.29, 0.717) is 6.61 Å². The molecule has 0 aromatic heterocycles. The summed E-state index contributed by atoms with van der Waals surface area (Å²) in [4.78, 5) is 12.6. The van der Waals surface area contributed by atoms with Gasteiger partial charge in [0.15, 0.2) is 0 Å². The van der Waals surface area contributed by atoms with Gasteiger partial charge in [-0.05, 0) is 12.6 Å². The maximum Gasteiger partial charge on any atom is 0.317 e. The van der Waals surface area contributed by atoms with E-state index in [-0.39, 0.29) is 12.5 Å². The van der Waals surface area contributed by atoms with Gasteiger partial charge in [0.25, 0.3) is 0 Å². The van der Waals surface area contributed by atoms with Crippen LogP contribution in [0.3, 0.4) is 0 Å². The molecule has 0 fully saturated rings. The van der Waals surface area contributed by atoms with E-state index in [2.05, 4.69) is 6.07 Å². The van der Waals surface area contributed by atoms with Crippen LogP contribution in [0, 0.1) is 0 Å². The van der Waals surface area contributed by atoms with E-state index in [9.17, 15) is 4.79 Å². The van der Waals surface area contributed by atoms with E-state index in [1.54, 1.807) is 0 Å². The molecule has 4 nitrogen and oxygen atoms in total. The van der Waals surface area contributed by atoms with Crippen LogP contribution in [-0.2, 0) is 4.79 Å². The molecule has 92 valence electrons. The molecule has 1 unspecified atom stereocenters. The molecule has 0 saturated carbocycles. The second kappa shape index (κ2) is 5.19. The maximum atomic E-state index is 10.7. The number of hydrogen-bond acceptors (Lipinski definition) is 3. The Kier molecular flexibility index (Phi) is 3.64. The van der Waals surface area contributed by atoms with Gasteiger partial charge in [0, 0.05) is 18.0 Å². The summed E-state index contributed by atoms with van der Waals surface area (Å²) in [6.45, 7) is 4.19. The van der Waals surface area contributed by atoms with E-state index in [4.69, 9.17) is 9.84 Å². The van der Waals surface area contributed by atoms with E-state index >= 15 is 0 Å². The average Bonchev–Trinajstić information content (AvgIpc) is 2.71. The van der Waals surface area contributed by atoms with Crippen molar-refractivity contribution in [2.75, 3.05) is 26.2 Å². The van der Waals surface area contributed by atoms with Crippen molar-refractivity contribution in [3.05, 3.63) is 29.8 Å². The third-order valence-corrected chi connectivity index (χ3v) is 3.08. The molecule has 0 aliphatic carbocycles. The van der Waals surface area contributed by atoms with Crippen molar-refractivity contribution in [2.45, 2.75) is 12.8 Å². The summed E-state index contributed by atoms with van der Waals surface area (Å²) in [5.74, 6) is 0.438. The molecule has 4 heteroatoms. The Balaban J connectivity index is 2.03. The number of carboxylic acid groups (broad SMARTS) is 1. The third kappa shape index (κ3) is 2.77. The highest BCUT2D eigenvalue weighted by molar-refractivity contribution is 5.69. The molecule has 0 amide bonds. The molecule has 1 N–H and O–H groups in total. The lowest BCUT2D eigenvalue weighted by atomic mass is 10.0. The SMILES string of the molecule is CCN(CC(=O)O)CC1COc2ccccc21. The fourth-order valence-electron chi connectivity index (χ4n) is 2.19. The Hall–Kier alpha value is -1.55. The van der Waals surface area contributed by atoms with E-state index in [1.165, 1.54) is 5.56 Å². The van der Waals surface area contributed by atoms with Crippen LogP contribution in [0.1, 0.15) is 18.4 Å². The molecule has 17 heavy (non-hydrogen) atoms. The standard InChI is InChI=1S/C13H17NO3/c1-2-14(8-13(15)16)7-10-9-17-12-6-4-3-5-11(10)12/h3-6,10H,2,7-9H2,1H3,(H,15,16). The number of rotatable bonds is 5. The van der Waals surface area contributed by atoms with Crippen molar-refractivity contribution in [3.63, 3.8) is 0 Å². The summed E-state index contributed by atoms with van der Waals surface area (Å²) < 4.78 is 5.59. The van der Waals surface area contributed by atoms with Crippen LogP contribution in [0.5, 0.6) is 5.75 Å². The predicted molar refractivity (Wildman–Crippen MR) is 64.4 cm³/mol. The van der Waals surface area contributed by atoms with Crippen LogP contribution in [0.25, 0.3) is 0 Å². The Morgan fingerprint density at radius 1 is 1.53 bits per heavy atom. The van der Waals surface area contributed by atoms with Gasteiger partial charge in [0.1, 0.15) is 5.75 Å². The minimum Gasteiger partial charge on any atom is -0.493 e. The number of para-hydroxylation sites is 1. The summed E-state index contributed by atoms with van der Waals surface area (Å²) >= 11 is 0. The van der Waals surface area contributed by atoms with Gasteiger partial charge in [-0.2, -0.15) is 0 Å². The van der Waals surface area contributed by atoms with Crippen molar-refractivity contribution < 1.29 is 14.6 Å². The first-order chi connectivity index (χ1) is 8.20. The molecule has 1 aromatic rings. The highest BCUT2D eigenvalue weighted by atomic mass is 16.5. The third-order valence-electron chi connectivity index (χ3n) is 3.08. The van der Waals surface area contributed by atoms with Gasteiger partial charge >= 0.3 is 5.97 Å². The Morgan fingerprint density at radius 3 is 3.00 bits per heavy atom. The second-order valence-electron chi connectivity index (χ2n) is 4.27. The molecule has 0 spiro atoms. The number of ether oxygens (including phenoxy) is 1. The minimum atomic E-state index is -0.779. The Morgan fingerprint density at radius 2 is 2.29 bits per heavy atom. The average molecular weight is 235 g/mol. The summed E-state index contributed by atoms with van der Waals surface area (Å²) in [5.41, 5.74) is 1.19. The zero-order valence-corrected chi connectivity index (χ0v) is 9.93. The number of fused-ring (bicyclic) bond motifs is 1. The molecule has 0 radical (unpaired) electrons. The van der Waals surface area contributed by atoms with Gasteiger partial charge < -0.3 is 9.84 Å². The zero-order valence-electron chi connectivity index (χ0n) is 9.93. The lowest BCUT2D eigenvalue weighted by molar-refractivity contribution is -0.138. The van der Waals surface area contributed by atoms with Crippen LogP contribution in [0.2, 0.25) is 0 Å². The van der Waals surface area contributed by atoms with E-state index < -0.39 is 5.97 Å². The molecule has 1 aliphatic heterocycles. The van der Waals surface area contributed by atoms with Gasteiger partial charge in [-0.25, -0.2) is 0 Å². The molecule has 1 aromatic carbocycles. The van der Waals surface area contributed by atoms with E-state index in [1.807, 2.05) is 30.0 Å². The quantitative estimate of drug-likeness (QED) is 0.841. The number of carbonyl (C=O) groups is 1. The smallest absolute Gasteiger partial charge is 0.317 e. The summed E-state index contributed by atoms with van der Waals surface area (Å²) in [5, 5.41) is 8.81. The molecular weight excluding hydrogens is 218 g/mol. The molecular formula is C13H17NO3. The molecule has 1 aliphatic rings. The fourth-order valence-corrected chi connectivity index (χ4v) is 2.19. The highest BCUT2D eigenvalue weighted by Gasteiger charge is 2.25. The lowest BCUT2D eigenvalue weighted by Gasteiger charge is -2.21. The topological polar surface area (TPSA) is 49.8 Å². The molecule has 2 rings (SSSR count). The van der Waals surface area contributed by atoms with Crippen molar-refractivity contribution >= 4 is 5.97 Å². The Labute approximate surface area is 101 Å². The zero-order chi connectivity index (χ0) is 12.3. The van der Waals surface area contributed by atoms with Crippen molar-refractivity contribution in [1.29, 1.82) is 0 Å². The largest absolute Gasteiger partial charge is 0.493 e. The summed E-state index contributed by atoms with van der Waals surface area (Å²) in [6.07, 6.45) is 0. The van der Waals surface area contributed by atoms with Gasteiger partial charge in [-0.3, -0.25) is 9.69 Å². The first-order valence-corrected chi connectivity index (χ1v) is 5.86. The predicted octanol–water partition coefficient (Wildman–Crippen LogP) is 1.57. The van der Waals surface area contributed by atoms with Crippen molar-refractivity contribution in [1.82, 2.24) is 4.90 Å². The lowest BCUT2D eigenvalue weighted by Crippen LogP contribution is -2.33. The molecule has 0 bridgehead atoms. The number of aliphatic carboxylic acids is 1. The maximum absolute atomic E-state index is 10.7. The number of nitrogens with zero attached hydrogens (tertiary/aromatic N) is 1. The van der Waals surface area contributed by atoms with Gasteiger partial charge in [0.05, 0.1) is 13.2 Å². The first-order valence-electron chi connectivity index (χ1n) is 5.86. The Bertz CT molecular complexity index is 405. The van der Waals surface area contributed by atoms with Crippen LogP contribution in [-0.4, -0.2) is 42.2 Å². The van der Waals surface area contributed by atoms with Crippen LogP contribution < -0.4 is 4.74 Å². The number of carboxylic acids is 1. The molecule has 0 saturated heterocycles. The number of benzene rings is 1. The van der Waals surface area contributed by atoms with Crippen LogP contribution in [0.4, 0.5) is 0 Å². The molecule has 1 atom stereocenters. The molecule has 1 heterocycles. The fraction of sp³-hybridized carbons (Fsp3) is 0.462. The highest BCUT2D eigenvalue weighted by Crippen LogP contribution is 2.33. The summed E-state index contributed by atoms with van der Waals surface area (Å²) in [6, 6.07) is 7.97. The van der Waals surface area contributed by atoms with Gasteiger partial charge in [-0.1, -0.05) is 25.1 Å². The summed E-state index contributed by atoms with van der Waals surface area (Å²) in [7, 11) is 0. The van der Waals surface area contributed by atoms with Gasteiger partial charge in [0.2, 0.25) is 0 Å². The van der Waals surface area contributed by atoms with E-state index in [0.717, 1.165) is 18.8 Å². The number of hydrogen-bond donors (Lipinski definition) is 1. The van der Waals surface area contributed by atoms with Crippen molar-refractivity contribution in [3.8, 4) is 5.75 Å². The monoisotopic (exact) mass is 235 g/mol. The van der Waals surface area contributed by atoms with Crippen LogP contribution >= 0.6 is 0 Å². The van der Waals surface area contributed by atoms with Crippen LogP contribution in [0.15, 0.2) is 24.3 Å².